The molecule has 0 atom stereocenters. The predicted octanol–water partition coefficient (Wildman–Crippen LogP) is 6.33. The van der Waals surface area contributed by atoms with E-state index in [1.807, 2.05) is 0 Å². The smallest absolute Gasteiger partial charge is 0.0129 e. The molecule has 1 spiro atoms. The van der Waals surface area contributed by atoms with Crippen LogP contribution in [0.15, 0.2) is 12.1 Å². The van der Waals surface area contributed by atoms with Crippen LogP contribution < -0.4 is 0 Å². The van der Waals surface area contributed by atoms with Crippen LogP contribution in [0.3, 0.4) is 0 Å². The molecule has 0 aromatic heterocycles. The Bertz CT molecular complexity index is 512. The van der Waals surface area contributed by atoms with Crippen LogP contribution in [-0.4, -0.2) is 0 Å². The van der Waals surface area contributed by atoms with E-state index < -0.39 is 0 Å². The lowest BCUT2D eigenvalue weighted by molar-refractivity contribution is 0.202. The molecule has 22 heavy (non-hydrogen) atoms. The first kappa shape index (κ1) is 16.1. The summed E-state index contributed by atoms with van der Waals surface area (Å²) < 4.78 is 0. The van der Waals surface area contributed by atoms with Gasteiger partial charge in [0.25, 0.3) is 0 Å². The molecule has 2 aliphatic rings. The van der Waals surface area contributed by atoms with Gasteiger partial charge in [-0.2, -0.15) is 0 Å². The third-order valence-corrected chi connectivity index (χ3v) is 6.06. The number of hydrogen-bond donors (Lipinski definition) is 0. The van der Waals surface area contributed by atoms with E-state index in [9.17, 15) is 0 Å². The minimum atomic E-state index is 0.265. The van der Waals surface area contributed by atoms with E-state index in [-0.39, 0.29) is 10.8 Å². The van der Waals surface area contributed by atoms with Crippen molar-refractivity contribution in [2.75, 3.05) is 0 Å². The van der Waals surface area contributed by atoms with Crippen molar-refractivity contribution in [3.05, 3.63) is 34.4 Å². The largest absolute Gasteiger partial charge is 0.0579 e. The highest BCUT2D eigenvalue weighted by Gasteiger charge is 2.42. The molecule has 0 heteroatoms. The minimum absolute atomic E-state index is 0.265. The van der Waals surface area contributed by atoms with E-state index in [2.05, 4.69) is 53.7 Å². The Balaban J connectivity index is 2.12. The maximum absolute atomic E-state index is 2.45. The Hall–Kier alpha value is -0.780. The molecule has 0 saturated heterocycles. The summed E-state index contributed by atoms with van der Waals surface area (Å²) in [5, 5.41) is 0. The summed E-state index contributed by atoms with van der Waals surface area (Å²) in [6, 6.07) is 4.89. The van der Waals surface area contributed by atoms with Crippen LogP contribution in [0.1, 0.15) is 95.9 Å². The molecule has 2 aliphatic carbocycles. The fourth-order valence-corrected chi connectivity index (χ4v) is 4.97. The van der Waals surface area contributed by atoms with Crippen LogP contribution >= 0.6 is 0 Å². The molecule has 0 bridgehead atoms. The topological polar surface area (TPSA) is 0 Å². The standard InChI is InChI=1S/C22H34/c1-20(2,3)18-10-11-19(21(4,5)6)17-15-22(14-16(17)18)12-8-7-9-13-22/h10-11H,7-9,12-15H2,1-6H3. The van der Waals surface area contributed by atoms with Gasteiger partial charge in [-0.25, -0.2) is 0 Å². The maximum atomic E-state index is 2.45. The number of rotatable bonds is 0. The van der Waals surface area contributed by atoms with E-state index in [0.29, 0.717) is 5.41 Å². The van der Waals surface area contributed by atoms with Crippen molar-refractivity contribution in [3.8, 4) is 0 Å². The maximum Gasteiger partial charge on any atom is -0.0129 e. The predicted molar refractivity (Wildman–Crippen MR) is 96.8 cm³/mol. The van der Waals surface area contributed by atoms with Crippen LogP contribution in [0.25, 0.3) is 0 Å². The molecular formula is C22H34. The van der Waals surface area contributed by atoms with Gasteiger partial charge in [-0.05, 0) is 64.2 Å². The Morgan fingerprint density at radius 1 is 0.682 bits per heavy atom. The minimum Gasteiger partial charge on any atom is -0.0579 e. The first-order valence-electron chi connectivity index (χ1n) is 9.28. The van der Waals surface area contributed by atoms with Crippen molar-refractivity contribution in [1.29, 1.82) is 0 Å². The Morgan fingerprint density at radius 3 is 1.45 bits per heavy atom. The van der Waals surface area contributed by atoms with Crippen LogP contribution in [0.5, 0.6) is 0 Å². The second-order valence-electron chi connectivity index (χ2n) is 10.0. The van der Waals surface area contributed by atoms with Crippen LogP contribution in [-0.2, 0) is 23.7 Å². The van der Waals surface area contributed by atoms with Gasteiger partial charge in [0.05, 0.1) is 0 Å². The van der Waals surface area contributed by atoms with E-state index in [0.717, 1.165) is 0 Å². The fraction of sp³-hybridized carbons (Fsp3) is 0.727. The average molecular weight is 299 g/mol. The Kier molecular flexibility index (Phi) is 3.74. The molecule has 0 aliphatic heterocycles. The Morgan fingerprint density at radius 2 is 1.09 bits per heavy atom. The fourth-order valence-electron chi connectivity index (χ4n) is 4.97. The first-order chi connectivity index (χ1) is 10.1. The lowest BCUT2D eigenvalue weighted by atomic mass is 9.71. The van der Waals surface area contributed by atoms with Gasteiger partial charge < -0.3 is 0 Å². The average Bonchev–Trinajstić information content (AvgIpc) is 2.73. The van der Waals surface area contributed by atoms with Crippen molar-refractivity contribution in [3.63, 3.8) is 0 Å². The summed E-state index contributed by atoms with van der Waals surface area (Å²) >= 11 is 0. The number of fused-ring (bicyclic) bond motifs is 1. The lowest BCUT2D eigenvalue weighted by Gasteiger charge is -2.33. The van der Waals surface area contributed by atoms with Gasteiger partial charge in [-0.1, -0.05) is 72.9 Å². The Labute approximate surface area is 137 Å². The van der Waals surface area contributed by atoms with Gasteiger partial charge in [0.2, 0.25) is 0 Å². The monoisotopic (exact) mass is 298 g/mol. The van der Waals surface area contributed by atoms with Crippen molar-refractivity contribution < 1.29 is 0 Å². The summed E-state index contributed by atoms with van der Waals surface area (Å²) in [5.74, 6) is 0. The van der Waals surface area contributed by atoms with Crippen molar-refractivity contribution in [1.82, 2.24) is 0 Å². The van der Waals surface area contributed by atoms with E-state index in [1.165, 1.54) is 44.9 Å². The molecule has 0 N–H and O–H groups in total. The zero-order valence-corrected chi connectivity index (χ0v) is 15.6. The van der Waals surface area contributed by atoms with Gasteiger partial charge in [-0.15, -0.1) is 0 Å². The van der Waals surface area contributed by atoms with E-state index in [4.69, 9.17) is 0 Å². The third-order valence-electron chi connectivity index (χ3n) is 6.06. The molecule has 0 heterocycles. The summed E-state index contributed by atoms with van der Waals surface area (Å²) in [7, 11) is 0. The van der Waals surface area contributed by atoms with Gasteiger partial charge in [0.1, 0.15) is 0 Å². The SMILES string of the molecule is CC(C)(C)c1ccc(C(C)(C)C)c2c1CC1(CCCCC1)C2. The second-order valence-corrected chi connectivity index (χ2v) is 10.0. The summed E-state index contributed by atoms with van der Waals surface area (Å²) in [5.41, 5.74) is 7.79. The van der Waals surface area contributed by atoms with Crippen molar-refractivity contribution in [2.24, 2.45) is 5.41 Å². The van der Waals surface area contributed by atoms with Crippen molar-refractivity contribution in [2.45, 2.75) is 97.3 Å². The van der Waals surface area contributed by atoms with Gasteiger partial charge in [0.15, 0.2) is 0 Å². The van der Waals surface area contributed by atoms with Gasteiger partial charge >= 0.3 is 0 Å². The zero-order valence-electron chi connectivity index (χ0n) is 15.6. The molecule has 0 amide bonds. The third kappa shape index (κ3) is 2.74. The molecule has 1 aromatic rings. The van der Waals surface area contributed by atoms with Crippen LogP contribution in [0, 0.1) is 5.41 Å². The molecular weight excluding hydrogens is 264 g/mol. The van der Waals surface area contributed by atoms with Crippen LogP contribution in [0.4, 0.5) is 0 Å². The molecule has 1 aromatic carbocycles. The van der Waals surface area contributed by atoms with Crippen LogP contribution in [0.2, 0.25) is 0 Å². The second kappa shape index (κ2) is 5.11. The zero-order chi connectivity index (χ0) is 16.2. The van der Waals surface area contributed by atoms with E-state index in [1.54, 1.807) is 22.3 Å². The summed E-state index contributed by atoms with van der Waals surface area (Å²) in [6.45, 7) is 14.3. The number of hydrogen-bond acceptors (Lipinski definition) is 0. The highest BCUT2D eigenvalue weighted by molar-refractivity contribution is 5.50. The highest BCUT2D eigenvalue weighted by Crippen LogP contribution is 2.51. The molecule has 0 radical (unpaired) electrons. The van der Waals surface area contributed by atoms with Gasteiger partial charge in [-0.3, -0.25) is 0 Å². The molecule has 1 fully saturated rings. The molecule has 1 saturated carbocycles. The molecule has 3 rings (SSSR count). The lowest BCUT2D eigenvalue weighted by Crippen LogP contribution is -2.25. The van der Waals surface area contributed by atoms with E-state index >= 15 is 0 Å². The quantitative estimate of drug-likeness (QED) is 0.525. The highest BCUT2D eigenvalue weighted by atomic mass is 14.5. The number of benzene rings is 1. The molecule has 0 unspecified atom stereocenters. The van der Waals surface area contributed by atoms with Crippen molar-refractivity contribution >= 4 is 0 Å². The molecule has 122 valence electrons. The van der Waals surface area contributed by atoms with Gasteiger partial charge in [0, 0.05) is 0 Å². The first-order valence-corrected chi connectivity index (χ1v) is 9.28. The normalized spacial score (nSPS) is 21.2. The molecule has 0 nitrogen and oxygen atoms in total. The summed E-state index contributed by atoms with van der Waals surface area (Å²) in [6.07, 6.45) is 9.95. The summed E-state index contributed by atoms with van der Waals surface area (Å²) in [4.78, 5) is 0.